The van der Waals surface area contributed by atoms with Crippen molar-refractivity contribution in [1.29, 1.82) is 0 Å². The molecular weight excluding hydrogens is 358 g/mol. The molecule has 1 unspecified atom stereocenters. The number of carboxylic acid groups (broad SMARTS) is 1. The number of carbonyl (C=O) groups is 1. The molecule has 0 aliphatic carbocycles. The molecule has 0 radical (unpaired) electrons. The summed E-state index contributed by atoms with van der Waals surface area (Å²) in [6.07, 6.45) is 0.542. The lowest BCUT2D eigenvalue weighted by Gasteiger charge is -2.17. The molecule has 1 fully saturated rings. The van der Waals surface area contributed by atoms with Crippen LogP contribution in [0, 0.1) is 5.92 Å². The van der Waals surface area contributed by atoms with Crippen molar-refractivity contribution in [1.82, 2.24) is 15.0 Å². The fourth-order valence-corrected chi connectivity index (χ4v) is 3.46. The summed E-state index contributed by atoms with van der Waals surface area (Å²) in [7, 11) is 0. The van der Waals surface area contributed by atoms with Crippen LogP contribution in [-0.2, 0) is 0 Å². The topological polar surface area (TPSA) is 88.7 Å². The van der Waals surface area contributed by atoms with Gasteiger partial charge < -0.3 is 14.4 Å². The monoisotopic (exact) mass is 381 g/mol. The molecule has 2 aromatic carbocycles. The van der Waals surface area contributed by atoms with Crippen molar-refractivity contribution in [2.75, 3.05) is 13.2 Å². The molecule has 7 heteroatoms. The normalized spacial score (nSPS) is 16.8. The Hall–Kier alpha value is -3.09. The minimum atomic E-state index is -0.955. The Kier molecular flexibility index (Phi) is 4.90. The smallest absolute Gasteiger partial charge is 0.407 e. The van der Waals surface area contributed by atoms with Gasteiger partial charge in [0.1, 0.15) is 11.8 Å². The first kappa shape index (κ1) is 18.3. The van der Waals surface area contributed by atoms with E-state index in [2.05, 4.69) is 24.0 Å². The maximum Gasteiger partial charge on any atom is 0.407 e. The van der Waals surface area contributed by atoms with Crippen LogP contribution in [0.2, 0.25) is 0 Å². The van der Waals surface area contributed by atoms with E-state index in [1.807, 2.05) is 36.4 Å². The van der Waals surface area contributed by atoms with Crippen molar-refractivity contribution < 1.29 is 19.2 Å². The zero-order chi connectivity index (χ0) is 19.7. The Balaban J connectivity index is 1.57. The Morgan fingerprint density at radius 1 is 1.29 bits per heavy atom. The standard InChI is InChI=1S/C21H23N3O4/c1-13(2)12-27-17-8-7-14-10-16(6-5-15(14)11-17)19-22-20(28-23-19)18-4-3-9-24(18)21(25)26/h5-8,10-11,13,18H,3-4,9,12H2,1-2H3,(H,25,26). The van der Waals surface area contributed by atoms with Gasteiger partial charge in [0, 0.05) is 12.1 Å². The van der Waals surface area contributed by atoms with Gasteiger partial charge in [-0.05, 0) is 47.7 Å². The number of hydrogen-bond acceptors (Lipinski definition) is 5. The zero-order valence-corrected chi connectivity index (χ0v) is 16.0. The fraction of sp³-hybridized carbons (Fsp3) is 0.381. The largest absolute Gasteiger partial charge is 0.493 e. The molecule has 146 valence electrons. The second-order valence-electron chi connectivity index (χ2n) is 7.52. The van der Waals surface area contributed by atoms with Gasteiger partial charge in [0.05, 0.1) is 6.61 Å². The minimum absolute atomic E-state index is 0.354. The van der Waals surface area contributed by atoms with Crippen LogP contribution in [0.4, 0.5) is 4.79 Å². The molecule has 7 nitrogen and oxygen atoms in total. The number of nitrogens with zero attached hydrogens (tertiary/aromatic N) is 3. The highest BCUT2D eigenvalue weighted by atomic mass is 16.5. The van der Waals surface area contributed by atoms with E-state index in [-0.39, 0.29) is 6.04 Å². The Labute approximate surface area is 162 Å². The number of fused-ring (bicyclic) bond motifs is 1. The second-order valence-corrected chi connectivity index (χ2v) is 7.52. The molecule has 1 saturated heterocycles. The van der Waals surface area contributed by atoms with Crippen LogP contribution in [0.5, 0.6) is 5.75 Å². The van der Waals surface area contributed by atoms with E-state index in [1.165, 1.54) is 4.90 Å². The summed E-state index contributed by atoms with van der Waals surface area (Å²) in [5.41, 5.74) is 0.832. The van der Waals surface area contributed by atoms with Crippen LogP contribution in [-0.4, -0.2) is 39.4 Å². The van der Waals surface area contributed by atoms with Gasteiger partial charge in [-0.1, -0.05) is 37.2 Å². The summed E-state index contributed by atoms with van der Waals surface area (Å²) < 4.78 is 11.2. The van der Waals surface area contributed by atoms with Crippen molar-refractivity contribution in [3.05, 3.63) is 42.3 Å². The Morgan fingerprint density at radius 3 is 2.86 bits per heavy atom. The predicted molar refractivity (Wildman–Crippen MR) is 104 cm³/mol. The van der Waals surface area contributed by atoms with E-state index in [0.29, 0.717) is 37.2 Å². The van der Waals surface area contributed by atoms with Crippen molar-refractivity contribution >= 4 is 16.9 Å². The molecular formula is C21H23N3O4. The third-order valence-corrected chi connectivity index (χ3v) is 4.88. The molecule has 0 spiro atoms. The fourth-order valence-electron chi connectivity index (χ4n) is 3.46. The summed E-state index contributed by atoms with van der Waals surface area (Å²) in [5.74, 6) is 2.15. The molecule has 0 saturated carbocycles. The number of aromatic nitrogens is 2. The minimum Gasteiger partial charge on any atom is -0.493 e. The van der Waals surface area contributed by atoms with Crippen LogP contribution < -0.4 is 4.74 Å². The quantitative estimate of drug-likeness (QED) is 0.687. The number of benzene rings is 2. The zero-order valence-electron chi connectivity index (χ0n) is 16.0. The Bertz CT molecular complexity index is 998. The van der Waals surface area contributed by atoms with Gasteiger partial charge in [-0.25, -0.2) is 4.79 Å². The maximum atomic E-state index is 11.3. The summed E-state index contributed by atoms with van der Waals surface area (Å²) in [4.78, 5) is 17.2. The molecule has 4 rings (SSSR count). The van der Waals surface area contributed by atoms with E-state index in [1.54, 1.807) is 0 Å². The van der Waals surface area contributed by atoms with Crippen LogP contribution >= 0.6 is 0 Å². The van der Waals surface area contributed by atoms with Crippen LogP contribution in [0.25, 0.3) is 22.2 Å². The molecule has 3 aromatic rings. The van der Waals surface area contributed by atoms with Gasteiger partial charge in [-0.15, -0.1) is 0 Å². The van der Waals surface area contributed by atoms with E-state index in [4.69, 9.17) is 9.26 Å². The molecule has 0 bridgehead atoms. The third-order valence-electron chi connectivity index (χ3n) is 4.88. The second kappa shape index (κ2) is 7.50. The van der Waals surface area contributed by atoms with Crippen molar-refractivity contribution in [3.8, 4) is 17.1 Å². The number of ether oxygens (including phenoxy) is 1. The van der Waals surface area contributed by atoms with Crippen molar-refractivity contribution in [3.63, 3.8) is 0 Å². The van der Waals surface area contributed by atoms with E-state index in [0.717, 1.165) is 28.5 Å². The molecule has 28 heavy (non-hydrogen) atoms. The first-order valence-corrected chi connectivity index (χ1v) is 9.51. The summed E-state index contributed by atoms with van der Waals surface area (Å²) in [6.45, 7) is 5.42. The average Bonchev–Trinajstić information content (AvgIpc) is 3.35. The van der Waals surface area contributed by atoms with E-state index in [9.17, 15) is 9.90 Å². The van der Waals surface area contributed by atoms with E-state index < -0.39 is 6.09 Å². The van der Waals surface area contributed by atoms with Gasteiger partial charge in [0.25, 0.3) is 0 Å². The third kappa shape index (κ3) is 3.65. The molecule has 2 heterocycles. The van der Waals surface area contributed by atoms with Gasteiger partial charge >= 0.3 is 6.09 Å². The SMILES string of the molecule is CC(C)COc1ccc2cc(-c3noc(C4CCCN4C(=O)O)n3)ccc2c1. The lowest BCUT2D eigenvalue weighted by molar-refractivity contribution is 0.131. The molecule has 1 aromatic heterocycles. The molecule has 1 aliphatic heterocycles. The lowest BCUT2D eigenvalue weighted by atomic mass is 10.1. The number of likely N-dealkylation sites (tertiary alicyclic amines) is 1. The summed E-state index contributed by atoms with van der Waals surface area (Å²) in [5, 5.41) is 15.5. The maximum absolute atomic E-state index is 11.3. The highest BCUT2D eigenvalue weighted by Gasteiger charge is 2.34. The van der Waals surface area contributed by atoms with Crippen LogP contribution in [0.1, 0.15) is 38.6 Å². The van der Waals surface area contributed by atoms with Crippen LogP contribution in [0.3, 0.4) is 0 Å². The first-order chi connectivity index (χ1) is 13.5. The van der Waals surface area contributed by atoms with Gasteiger partial charge in [-0.2, -0.15) is 4.98 Å². The highest BCUT2D eigenvalue weighted by molar-refractivity contribution is 5.87. The Morgan fingerprint density at radius 2 is 2.07 bits per heavy atom. The van der Waals surface area contributed by atoms with Gasteiger partial charge in [-0.3, -0.25) is 4.90 Å². The number of rotatable bonds is 5. The molecule has 1 amide bonds. The predicted octanol–water partition coefficient (Wildman–Crippen LogP) is 4.74. The number of hydrogen-bond donors (Lipinski definition) is 1. The van der Waals surface area contributed by atoms with Crippen molar-refractivity contribution in [2.24, 2.45) is 5.92 Å². The average molecular weight is 381 g/mol. The lowest BCUT2D eigenvalue weighted by Crippen LogP contribution is -2.28. The summed E-state index contributed by atoms with van der Waals surface area (Å²) in [6, 6.07) is 11.6. The van der Waals surface area contributed by atoms with Crippen molar-refractivity contribution in [2.45, 2.75) is 32.7 Å². The van der Waals surface area contributed by atoms with E-state index >= 15 is 0 Å². The first-order valence-electron chi connectivity index (χ1n) is 9.51. The summed E-state index contributed by atoms with van der Waals surface area (Å²) >= 11 is 0. The highest BCUT2D eigenvalue weighted by Crippen LogP contribution is 2.32. The number of amides is 1. The molecule has 1 N–H and O–H groups in total. The molecule has 1 atom stereocenters. The van der Waals surface area contributed by atoms with Crippen LogP contribution in [0.15, 0.2) is 40.9 Å². The van der Waals surface area contributed by atoms with Gasteiger partial charge in [0.15, 0.2) is 0 Å². The van der Waals surface area contributed by atoms with Gasteiger partial charge in [0.2, 0.25) is 11.7 Å². The molecule has 1 aliphatic rings.